The number of rotatable bonds is 3. The number of hydrogen-bond donors (Lipinski definition) is 0. The van der Waals surface area contributed by atoms with Gasteiger partial charge in [-0.1, -0.05) is 0 Å². The predicted molar refractivity (Wildman–Crippen MR) is 60.4 cm³/mol. The van der Waals surface area contributed by atoms with E-state index in [9.17, 15) is 4.79 Å². The van der Waals surface area contributed by atoms with Crippen LogP contribution in [0.5, 0.6) is 0 Å². The second-order valence-electron chi connectivity index (χ2n) is 3.39. The number of carbonyl (C=O) groups is 1. The lowest BCUT2D eigenvalue weighted by Crippen LogP contribution is -2.27. The van der Waals surface area contributed by atoms with Gasteiger partial charge in [0, 0.05) is 33.0 Å². The molecule has 0 aliphatic heterocycles. The molecule has 3 nitrogen and oxygen atoms in total. The summed E-state index contributed by atoms with van der Waals surface area (Å²) in [6.07, 6.45) is 3.92. The summed E-state index contributed by atoms with van der Waals surface area (Å²) in [6, 6.07) is 3.95. The van der Waals surface area contributed by atoms with Gasteiger partial charge in [0.1, 0.15) is 5.25 Å². The van der Waals surface area contributed by atoms with Crippen LogP contribution in [-0.2, 0) is 11.8 Å². The zero-order valence-corrected chi connectivity index (χ0v) is 9.84. The summed E-state index contributed by atoms with van der Waals surface area (Å²) in [5.41, 5.74) is 1.05. The smallest absolute Gasteiger partial charge is 0.241 e. The Morgan fingerprint density at radius 3 is 2.57 bits per heavy atom. The molecule has 78 valence electrons. The van der Waals surface area contributed by atoms with Crippen molar-refractivity contribution < 1.29 is 4.79 Å². The van der Waals surface area contributed by atoms with Crippen LogP contribution in [0.3, 0.4) is 0 Å². The minimum absolute atomic E-state index is 0.0926. The molecule has 0 aliphatic rings. The third kappa shape index (κ3) is 2.12. The summed E-state index contributed by atoms with van der Waals surface area (Å²) in [5, 5.41) is -0.0926. The predicted octanol–water partition coefficient (Wildman–Crippen LogP) is 1.52. The standard InChI is InChI=1S/C10H16N2OS/c1-11(2)10(13)9(14-4)8-6-5-7-12(8)3/h5-7,9H,1-4H3. The molecule has 1 aromatic rings. The van der Waals surface area contributed by atoms with Crippen molar-refractivity contribution in [2.75, 3.05) is 20.4 Å². The van der Waals surface area contributed by atoms with E-state index in [1.54, 1.807) is 30.8 Å². The van der Waals surface area contributed by atoms with Crippen molar-refractivity contribution in [3.05, 3.63) is 24.0 Å². The van der Waals surface area contributed by atoms with Crippen LogP contribution >= 0.6 is 11.8 Å². The number of amides is 1. The van der Waals surface area contributed by atoms with Crippen LogP contribution in [0, 0.1) is 0 Å². The number of aryl methyl sites for hydroxylation is 1. The Kier molecular flexibility index (Phi) is 3.63. The molecule has 0 spiro atoms. The molecule has 0 fully saturated rings. The maximum absolute atomic E-state index is 11.8. The summed E-state index contributed by atoms with van der Waals surface area (Å²) in [4.78, 5) is 13.4. The van der Waals surface area contributed by atoms with Crippen LogP contribution in [0.2, 0.25) is 0 Å². The van der Waals surface area contributed by atoms with E-state index in [2.05, 4.69) is 0 Å². The molecular formula is C10H16N2OS. The van der Waals surface area contributed by atoms with E-state index < -0.39 is 0 Å². The summed E-state index contributed by atoms with van der Waals surface area (Å²) in [7, 11) is 5.53. The van der Waals surface area contributed by atoms with Crippen LogP contribution in [-0.4, -0.2) is 35.7 Å². The van der Waals surface area contributed by atoms with Crippen molar-refractivity contribution in [2.24, 2.45) is 7.05 Å². The first-order valence-electron chi connectivity index (χ1n) is 4.43. The molecule has 0 bridgehead atoms. The van der Waals surface area contributed by atoms with Crippen LogP contribution < -0.4 is 0 Å². The Morgan fingerprint density at radius 2 is 2.21 bits per heavy atom. The minimum atomic E-state index is -0.0926. The largest absolute Gasteiger partial charge is 0.353 e. The molecule has 0 aliphatic carbocycles. The van der Waals surface area contributed by atoms with E-state index in [1.807, 2.05) is 36.2 Å². The Balaban J connectivity index is 2.93. The van der Waals surface area contributed by atoms with Crippen molar-refractivity contribution in [1.82, 2.24) is 9.47 Å². The fourth-order valence-electron chi connectivity index (χ4n) is 1.33. The molecule has 1 aromatic heterocycles. The van der Waals surface area contributed by atoms with Gasteiger partial charge < -0.3 is 9.47 Å². The van der Waals surface area contributed by atoms with Crippen LogP contribution in [0.1, 0.15) is 10.9 Å². The number of thioether (sulfide) groups is 1. The highest BCUT2D eigenvalue weighted by molar-refractivity contribution is 7.99. The summed E-state index contributed by atoms with van der Waals surface area (Å²) in [5.74, 6) is 0.138. The fraction of sp³-hybridized carbons (Fsp3) is 0.500. The highest BCUT2D eigenvalue weighted by Crippen LogP contribution is 2.27. The van der Waals surface area contributed by atoms with Gasteiger partial charge in [-0.15, -0.1) is 11.8 Å². The maximum Gasteiger partial charge on any atom is 0.241 e. The van der Waals surface area contributed by atoms with E-state index in [-0.39, 0.29) is 11.2 Å². The highest BCUT2D eigenvalue weighted by atomic mass is 32.2. The van der Waals surface area contributed by atoms with Crippen molar-refractivity contribution in [2.45, 2.75) is 5.25 Å². The van der Waals surface area contributed by atoms with Gasteiger partial charge in [0.15, 0.2) is 0 Å². The van der Waals surface area contributed by atoms with E-state index in [0.717, 1.165) is 5.69 Å². The van der Waals surface area contributed by atoms with Crippen molar-refractivity contribution in [1.29, 1.82) is 0 Å². The first-order chi connectivity index (χ1) is 6.57. The number of aromatic nitrogens is 1. The maximum atomic E-state index is 11.8. The van der Waals surface area contributed by atoms with Gasteiger partial charge in [0.05, 0.1) is 0 Å². The molecule has 0 saturated carbocycles. The van der Waals surface area contributed by atoms with Gasteiger partial charge in [0.25, 0.3) is 0 Å². The molecule has 1 heterocycles. The number of hydrogen-bond acceptors (Lipinski definition) is 2. The van der Waals surface area contributed by atoms with Gasteiger partial charge in [-0.25, -0.2) is 0 Å². The van der Waals surface area contributed by atoms with E-state index >= 15 is 0 Å². The first-order valence-corrected chi connectivity index (χ1v) is 5.72. The molecule has 0 N–H and O–H groups in total. The van der Waals surface area contributed by atoms with Crippen molar-refractivity contribution in [3.63, 3.8) is 0 Å². The fourth-order valence-corrected chi connectivity index (χ4v) is 2.23. The second kappa shape index (κ2) is 4.55. The molecule has 4 heteroatoms. The van der Waals surface area contributed by atoms with Gasteiger partial charge in [-0.3, -0.25) is 4.79 Å². The number of likely N-dealkylation sites (N-methyl/N-ethyl adjacent to an activating group) is 1. The van der Waals surface area contributed by atoms with E-state index in [0.29, 0.717) is 0 Å². The lowest BCUT2D eigenvalue weighted by molar-refractivity contribution is -0.128. The first kappa shape index (κ1) is 11.2. The van der Waals surface area contributed by atoms with Gasteiger partial charge >= 0.3 is 0 Å². The van der Waals surface area contributed by atoms with Crippen LogP contribution in [0.15, 0.2) is 18.3 Å². The SMILES string of the molecule is CSC(C(=O)N(C)C)c1cccn1C. The lowest BCUT2D eigenvalue weighted by Gasteiger charge is -2.19. The monoisotopic (exact) mass is 212 g/mol. The molecule has 0 aromatic carbocycles. The van der Waals surface area contributed by atoms with Crippen LogP contribution in [0.25, 0.3) is 0 Å². The Bertz CT molecular complexity index is 320. The van der Waals surface area contributed by atoms with Gasteiger partial charge in [-0.05, 0) is 18.4 Å². The quantitative estimate of drug-likeness (QED) is 0.759. The average Bonchev–Trinajstić information content (AvgIpc) is 2.53. The normalized spacial score (nSPS) is 12.6. The molecule has 14 heavy (non-hydrogen) atoms. The highest BCUT2D eigenvalue weighted by Gasteiger charge is 2.22. The third-order valence-corrected chi connectivity index (χ3v) is 3.07. The van der Waals surface area contributed by atoms with Crippen LogP contribution in [0.4, 0.5) is 0 Å². The zero-order valence-electron chi connectivity index (χ0n) is 9.02. The molecule has 1 unspecified atom stereocenters. The molecule has 1 atom stereocenters. The Morgan fingerprint density at radius 1 is 1.57 bits per heavy atom. The third-order valence-electron chi connectivity index (χ3n) is 2.15. The van der Waals surface area contributed by atoms with E-state index in [1.165, 1.54) is 0 Å². The minimum Gasteiger partial charge on any atom is -0.353 e. The summed E-state index contributed by atoms with van der Waals surface area (Å²) >= 11 is 1.57. The Hall–Kier alpha value is -0.900. The Labute approximate surface area is 89.1 Å². The lowest BCUT2D eigenvalue weighted by atomic mass is 10.3. The van der Waals surface area contributed by atoms with E-state index in [4.69, 9.17) is 0 Å². The molecule has 1 amide bonds. The van der Waals surface area contributed by atoms with Gasteiger partial charge in [-0.2, -0.15) is 0 Å². The molecular weight excluding hydrogens is 196 g/mol. The zero-order chi connectivity index (χ0) is 10.7. The second-order valence-corrected chi connectivity index (χ2v) is 4.34. The number of nitrogens with zero attached hydrogens (tertiary/aromatic N) is 2. The van der Waals surface area contributed by atoms with Gasteiger partial charge in [0.2, 0.25) is 5.91 Å². The van der Waals surface area contributed by atoms with Crippen molar-refractivity contribution in [3.8, 4) is 0 Å². The topological polar surface area (TPSA) is 25.2 Å². The summed E-state index contributed by atoms with van der Waals surface area (Å²) in [6.45, 7) is 0. The van der Waals surface area contributed by atoms with Crippen molar-refractivity contribution >= 4 is 17.7 Å². The number of carbonyl (C=O) groups excluding carboxylic acids is 1. The average molecular weight is 212 g/mol. The molecule has 0 radical (unpaired) electrons. The summed E-state index contributed by atoms with van der Waals surface area (Å²) < 4.78 is 1.99. The molecule has 1 rings (SSSR count). The molecule has 0 saturated heterocycles.